The Morgan fingerprint density at radius 3 is 2.75 bits per heavy atom. The zero-order chi connectivity index (χ0) is 19.5. The van der Waals surface area contributed by atoms with Crippen molar-refractivity contribution in [1.29, 1.82) is 0 Å². The van der Waals surface area contributed by atoms with Gasteiger partial charge in [-0.1, -0.05) is 11.3 Å². The van der Waals surface area contributed by atoms with E-state index in [1.165, 1.54) is 0 Å². The third kappa shape index (κ3) is 4.32. The Bertz CT molecular complexity index is 983. The Hall–Kier alpha value is -2.49. The molecule has 1 saturated heterocycles. The summed E-state index contributed by atoms with van der Waals surface area (Å²) in [6.07, 6.45) is 2.21. The average Bonchev–Trinajstić information content (AvgIpc) is 3.14. The molecule has 2 aromatic heterocycles. The molecule has 0 atom stereocenters. The van der Waals surface area contributed by atoms with Gasteiger partial charge in [0.05, 0.1) is 18.2 Å². The summed E-state index contributed by atoms with van der Waals surface area (Å²) in [5.41, 5.74) is 1.74. The minimum atomic E-state index is -0.0829. The molecule has 8 nitrogen and oxygen atoms in total. The molecular formula is C19H22N6O2S. The van der Waals surface area contributed by atoms with Crippen LogP contribution in [-0.2, 0) is 9.53 Å². The van der Waals surface area contributed by atoms with Crippen molar-refractivity contribution in [2.75, 3.05) is 32.1 Å². The maximum Gasteiger partial charge on any atom is 0.239 e. The summed E-state index contributed by atoms with van der Waals surface area (Å²) in [6.45, 7) is 4.00. The summed E-state index contributed by atoms with van der Waals surface area (Å²) in [4.78, 5) is 14.5. The highest BCUT2D eigenvalue weighted by atomic mass is 32.1. The van der Waals surface area contributed by atoms with Crippen LogP contribution in [0.1, 0.15) is 17.8 Å². The lowest BCUT2D eigenvalue weighted by molar-refractivity contribution is -0.118. The number of rotatable bonds is 5. The van der Waals surface area contributed by atoms with Crippen molar-refractivity contribution in [3.63, 3.8) is 0 Å². The quantitative estimate of drug-likeness (QED) is 0.706. The number of nitrogens with zero attached hydrogens (tertiary/aromatic N) is 5. The summed E-state index contributed by atoms with van der Waals surface area (Å²) in [5, 5.41) is 22.1. The van der Waals surface area contributed by atoms with Crippen LogP contribution in [0.5, 0.6) is 0 Å². The summed E-state index contributed by atoms with van der Waals surface area (Å²) in [7, 11) is 1.74. The molecule has 28 heavy (non-hydrogen) atoms. The SMILES string of the molecule is COC1CCN(CC(=O)Nc2cc3cc(-c4nnc(C)s4)ccc3nn2)CC1. The van der Waals surface area contributed by atoms with Crippen LogP contribution in [-0.4, -0.2) is 64.0 Å². The number of amides is 1. The first-order valence-electron chi connectivity index (χ1n) is 9.23. The Balaban J connectivity index is 1.44. The number of piperidine rings is 1. The van der Waals surface area contributed by atoms with Crippen molar-refractivity contribution >= 4 is 34.0 Å². The lowest BCUT2D eigenvalue weighted by atomic mass is 10.1. The molecule has 4 rings (SSSR count). The van der Waals surface area contributed by atoms with E-state index in [1.807, 2.05) is 31.2 Å². The predicted octanol–water partition coefficient (Wildman–Crippen LogP) is 2.51. The molecule has 1 fully saturated rings. The number of methoxy groups -OCH3 is 1. The zero-order valence-electron chi connectivity index (χ0n) is 15.9. The first-order chi connectivity index (χ1) is 13.6. The molecule has 1 N–H and O–H groups in total. The van der Waals surface area contributed by atoms with Gasteiger partial charge in [0.2, 0.25) is 5.91 Å². The van der Waals surface area contributed by atoms with Crippen LogP contribution in [0.25, 0.3) is 21.5 Å². The Labute approximate surface area is 166 Å². The summed E-state index contributed by atoms with van der Waals surface area (Å²) in [5.74, 6) is 0.371. The first-order valence-corrected chi connectivity index (χ1v) is 10.1. The molecule has 0 saturated carbocycles. The number of hydrogen-bond acceptors (Lipinski definition) is 8. The second kappa shape index (κ2) is 8.26. The first kappa shape index (κ1) is 18.9. The third-order valence-corrected chi connectivity index (χ3v) is 5.75. The summed E-state index contributed by atoms with van der Waals surface area (Å²) in [6, 6.07) is 7.70. The van der Waals surface area contributed by atoms with E-state index in [0.29, 0.717) is 18.5 Å². The van der Waals surface area contributed by atoms with Crippen LogP contribution >= 0.6 is 11.3 Å². The fourth-order valence-electron chi connectivity index (χ4n) is 3.34. The minimum Gasteiger partial charge on any atom is -0.381 e. The van der Waals surface area contributed by atoms with Gasteiger partial charge in [0.25, 0.3) is 0 Å². The smallest absolute Gasteiger partial charge is 0.239 e. The van der Waals surface area contributed by atoms with Gasteiger partial charge in [-0.05, 0) is 44.0 Å². The second-order valence-corrected chi connectivity index (χ2v) is 8.07. The third-order valence-electron chi connectivity index (χ3n) is 4.86. The van der Waals surface area contributed by atoms with Gasteiger partial charge in [-0.25, -0.2) is 0 Å². The Morgan fingerprint density at radius 2 is 2.04 bits per heavy atom. The minimum absolute atomic E-state index is 0.0829. The Morgan fingerprint density at radius 1 is 1.21 bits per heavy atom. The van der Waals surface area contributed by atoms with Gasteiger partial charge in [-0.15, -0.1) is 20.4 Å². The lowest BCUT2D eigenvalue weighted by Gasteiger charge is -2.30. The van der Waals surface area contributed by atoms with Crippen LogP contribution in [0.3, 0.4) is 0 Å². The van der Waals surface area contributed by atoms with Gasteiger partial charge in [-0.3, -0.25) is 9.69 Å². The highest BCUT2D eigenvalue weighted by molar-refractivity contribution is 7.14. The maximum absolute atomic E-state index is 12.4. The van der Waals surface area contributed by atoms with E-state index >= 15 is 0 Å². The highest BCUT2D eigenvalue weighted by Gasteiger charge is 2.20. The maximum atomic E-state index is 12.4. The lowest BCUT2D eigenvalue weighted by Crippen LogP contribution is -2.41. The summed E-state index contributed by atoms with van der Waals surface area (Å²) < 4.78 is 5.37. The zero-order valence-corrected chi connectivity index (χ0v) is 16.7. The normalized spacial score (nSPS) is 15.8. The van der Waals surface area contributed by atoms with E-state index in [-0.39, 0.29) is 5.91 Å². The van der Waals surface area contributed by atoms with Crippen LogP contribution < -0.4 is 5.32 Å². The van der Waals surface area contributed by atoms with Gasteiger partial charge in [-0.2, -0.15) is 0 Å². The number of fused-ring (bicyclic) bond motifs is 1. The molecule has 1 aromatic carbocycles. The number of carbonyl (C=O) groups excluding carboxylic acids is 1. The molecule has 9 heteroatoms. The number of carbonyl (C=O) groups is 1. The van der Waals surface area contributed by atoms with Crippen molar-refractivity contribution in [3.8, 4) is 10.6 Å². The topological polar surface area (TPSA) is 93.1 Å². The van der Waals surface area contributed by atoms with Gasteiger partial charge in [0.15, 0.2) is 5.82 Å². The fourth-order valence-corrected chi connectivity index (χ4v) is 4.03. The molecule has 1 aliphatic heterocycles. The van der Waals surface area contributed by atoms with E-state index in [9.17, 15) is 4.79 Å². The standard InChI is InChI=1S/C19H22N6O2S/c1-12-21-24-19(28-12)13-3-4-16-14(9-13)10-17(23-22-16)20-18(26)11-25-7-5-15(27-2)6-8-25/h3-4,9-10,15H,5-8,11H2,1-2H3,(H,20,23,26). The van der Waals surface area contributed by atoms with Crippen molar-refractivity contribution in [1.82, 2.24) is 25.3 Å². The van der Waals surface area contributed by atoms with E-state index in [4.69, 9.17) is 4.74 Å². The van der Waals surface area contributed by atoms with Crippen LogP contribution in [0.15, 0.2) is 24.3 Å². The predicted molar refractivity (Wildman–Crippen MR) is 108 cm³/mol. The molecule has 146 valence electrons. The summed E-state index contributed by atoms with van der Waals surface area (Å²) >= 11 is 1.54. The number of nitrogens with one attached hydrogen (secondary N) is 1. The van der Waals surface area contributed by atoms with E-state index in [0.717, 1.165) is 52.4 Å². The van der Waals surface area contributed by atoms with Crippen molar-refractivity contribution < 1.29 is 9.53 Å². The highest BCUT2D eigenvalue weighted by Crippen LogP contribution is 2.26. The molecule has 0 unspecified atom stereocenters. The molecule has 1 amide bonds. The second-order valence-electron chi connectivity index (χ2n) is 6.89. The molecule has 0 radical (unpaired) electrons. The number of benzene rings is 1. The molecular weight excluding hydrogens is 376 g/mol. The largest absolute Gasteiger partial charge is 0.381 e. The Kier molecular flexibility index (Phi) is 5.56. The molecule has 0 spiro atoms. The fraction of sp³-hybridized carbons (Fsp3) is 0.421. The van der Waals surface area contributed by atoms with Crippen LogP contribution in [0.4, 0.5) is 5.82 Å². The molecule has 3 heterocycles. The molecule has 0 bridgehead atoms. The number of anilines is 1. The number of hydrogen-bond donors (Lipinski definition) is 1. The monoisotopic (exact) mass is 398 g/mol. The molecule has 3 aromatic rings. The van der Waals surface area contributed by atoms with E-state index in [2.05, 4.69) is 30.6 Å². The van der Waals surface area contributed by atoms with Gasteiger partial charge in [0.1, 0.15) is 10.0 Å². The van der Waals surface area contributed by atoms with E-state index < -0.39 is 0 Å². The molecule has 0 aliphatic carbocycles. The average molecular weight is 398 g/mol. The van der Waals surface area contributed by atoms with Gasteiger partial charge >= 0.3 is 0 Å². The van der Waals surface area contributed by atoms with Crippen molar-refractivity contribution in [2.24, 2.45) is 0 Å². The van der Waals surface area contributed by atoms with E-state index in [1.54, 1.807) is 18.4 Å². The van der Waals surface area contributed by atoms with Crippen molar-refractivity contribution in [3.05, 3.63) is 29.3 Å². The molecule has 1 aliphatic rings. The number of ether oxygens (including phenoxy) is 1. The van der Waals surface area contributed by atoms with Gasteiger partial charge in [0, 0.05) is 31.1 Å². The van der Waals surface area contributed by atoms with Crippen LogP contribution in [0, 0.1) is 6.92 Å². The number of likely N-dealkylation sites (tertiary alicyclic amines) is 1. The number of aryl methyl sites for hydroxylation is 1. The van der Waals surface area contributed by atoms with Crippen molar-refractivity contribution in [2.45, 2.75) is 25.9 Å². The number of aromatic nitrogens is 4. The van der Waals surface area contributed by atoms with Crippen LogP contribution in [0.2, 0.25) is 0 Å². The van der Waals surface area contributed by atoms with Gasteiger partial charge < -0.3 is 10.1 Å².